The number of nitrogens with one attached hydrogen (secondary N) is 1. The predicted molar refractivity (Wildman–Crippen MR) is 190 cm³/mol. The maximum atomic E-state index is 15.5. The van der Waals surface area contributed by atoms with Crippen LogP contribution in [0.1, 0.15) is 93.7 Å². The van der Waals surface area contributed by atoms with E-state index in [1.807, 2.05) is 4.90 Å². The molecular formula is C40H58N6O3. The lowest BCUT2D eigenvalue weighted by molar-refractivity contribution is -0.205. The van der Waals surface area contributed by atoms with Crippen molar-refractivity contribution < 1.29 is 14.3 Å². The zero-order chi connectivity index (χ0) is 34.1. The Bertz CT molecular complexity index is 1420. The summed E-state index contributed by atoms with van der Waals surface area (Å²) >= 11 is 0. The number of fused-ring (bicyclic) bond motifs is 2. The fourth-order valence-corrected chi connectivity index (χ4v) is 10.6. The van der Waals surface area contributed by atoms with E-state index in [-0.39, 0.29) is 48.3 Å². The van der Waals surface area contributed by atoms with E-state index in [4.69, 9.17) is 4.74 Å². The molecule has 9 nitrogen and oxygen atoms in total. The Hall–Kier alpha value is -2.61. The summed E-state index contributed by atoms with van der Waals surface area (Å²) in [5.74, 6) is 0.415. The van der Waals surface area contributed by atoms with Gasteiger partial charge in [0.05, 0.1) is 37.3 Å². The van der Waals surface area contributed by atoms with Crippen molar-refractivity contribution in [1.29, 1.82) is 5.26 Å². The molecule has 3 saturated heterocycles. The first-order valence-corrected chi connectivity index (χ1v) is 19.3. The Labute approximate surface area is 294 Å². The number of carbonyl (C=O) groups excluding carboxylic acids is 2. The normalized spacial score (nSPS) is 35.0. The number of nitrogens with zero attached hydrogens (tertiary/aromatic N) is 5. The lowest BCUT2D eigenvalue weighted by atomic mass is 9.63. The third kappa shape index (κ3) is 6.77. The number of benzene rings is 1. The molecule has 7 rings (SSSR count). The van der Waals surface area contributed by atoms with Crippen LogP contribution in [0.4, 0.5) is 0 Å². The van der Waals surface area contributed by atoms with E-state index in [1.165, 1.54) is 61.3 Å². The van der Waals surface area contributed by atoms with Gasteiger partial charge in [-0.25, -0.2) is 0 Å². The Morgan fingerprint density at radius 3 is 2.57 bits per heavy atom. The molecule has 6 unspecified atom stereocenters. The lowest BCUT2D eigenvalue weighted by Crippen LogP contribution is -2.76. The third-order valence-electron chi connectivity index (χ3n) is 13.3. The van der Waals surface area contributed by atoms with Crippen molar-refractivity contribution in [2.75, 3.05) is 39.8 Å². The highest BCUT2D eigenvalue weighted by Gasteiger charge is 2.59. The quantitative estimate of drug-likeness (QED) is 0.415. The summed E-state index contributed by atoms with van der Waals surface area (Å²) in [5.41, 5.74) is 3.68. The summed E-state index contributed by atoms with van der Waals surface area (Å²) in [6.07, 6.45) is 15.5. The molecular weight excluding hydrogens is 612 g/mol. The van der Waals surface area contributed by atoms with Crippen molar-refractivity contribution in [3.63, 3.8) is 0 Å². The van der Waals surface area contributed by atoms with Crippen LogP contribution in [0.15, 0.2) is 30.9 Å². The highest BCUT2D eigenvalue weighted by atomic mass is 16.5. The van der Waals surface area contributed by atoms with Crippen LogP contribution >= 0.6 is 0 Å². The van der Waals surface area contributed by atoms with Crippen molar-refractivity contribution in [2.24, 2.45) is 11.3 Å². The number of carbonyl (C=O) groups is 2. The van der Waals surface area contributed by atoms with Crippen molar-refractivity contribution in [3.05, 3.63) is 47.5 Å². The molecule has 5 fully saturated rings. The molecule has 1 amide bonds. The van der Waals surface area contributed by atoms with Gasteiger partial charge in [0.15, 0.2) is 12.1 Å². The maximum absolute atomic E-state index is 15.5. The number of Topliss-reactive ketones (excluding diaryl/α,β-unsaturated/α-hetero) is 1. The number of ketones is 1. The second-order valence-corrected chi connectivity index (χ2v) is 16.1. The van der Waals surface area contributed by atoms with Gasteiger partial charge in [-0.2, -0.15) is 5.26 Å². The van der Waals surface area contributed by atoms with E-state index in [1.54, 1.807) is 0 Å². The van der Waals surface area contributed by atoms with Gasteiger partial charge >= 0.3 is 0 Å². The van der Waals surface area contributed by atoms with Crippen molar-refractivity contribution >= 4 is 11.7 Å². The number of hydrogen-bond donors (Lipinski definition) is 1. The predicted octanol–water partition coefficient (Wildman–Crippen LogP) is 4.78. The fourth-order valence-electron chi connectivity index (χ4n) is 10.6. The third-order valence-corrected chi connectivity index (χ3v) is 13.3. The van der Waals surface area contributed by atoms with Crippen LogP contribution < -0.4 is 5.32 Å². The molecule has 3 aliphatic heterocycles. The number of ether oxygens (including phenoxy) is 1. The summed E-state index contributed by atoms with van der Waals surface area (Å²) < 4.78 is 7.04. The van der Waals surface area contributed by atoms with Crippen LogP contribution in [0.2, 0.25) is 0 Å². The van der Waals surface area contributed by atoms with Gasteiger partial charge in [0, 0.05) is 43.1 Å². The lowest BCUT2D eigenvalue weighted by Gasteiger charge is -2.59. The van der Waals surface area contributed by atoms with Gasteiger partial charge in [-0.15, -0.1) is 0 Å². The number of piperazine rings is 1. The van der Waals surface area contributed by atoms with Crippen molar-refractivity contribution in [2.45, 2.75) is 134 Å². The van der Waals surface area contributed by atoms with Gasteiger partial charge in [-0.1, -0.05) is 56.9 Å². The van der Waals surface area contributed by atoms with Crippen LogP contribution in [-0.4, -0.2) is 108 Å². The number of likely N-dealkylation sites (N-methyl/N-ethyl adjacent to an activating group) is 1. The van der Waals surface area contributed by atoms with E-state index in [2.05, 4.69) is 64.8 Å². The van der Waals surface area contributed by atoms with Crippen molar-refractivity contribution in [3.8, 4) is 6.07 Å². The summed E-state index contributed by atoms with van der Waals surface area (Å²) in [6, 6.07) is 9.18. The van der Waals surface area contributed by atoms with E-state index < -0.39 is 0 Å². The Morgan fingerprint density at radius 1 is 1.06 bits per heavy atom. The number of likely N-dealkylation sites (tertiary alicyclic amines) is 1. The molecule has 2 saturated carbocycles. The van der Waals surface area contributed by atoms with Gasteiger partial charge in [-0.3, -0.25) is 24.7 Å². The van der Waals surface area contributed by atoms with Gasteiger partial charge in [0.2, 0.25) is 5.91 Å². The molecule has 1 aromatic carbocycles. The maximum Gasteiger partial charge on any atom is 0.246 e. The van der Waals surface area contributed by atoms with Gasteiger partial charge in [-0.05, 0) is 94.6 Å². The smallest absolute Gasteiger partial charge is 0.246 e. The second-order valence-electron chi connectivity index (χ2n) is 16.1. The first kappa shape index (κ1) is 34.8. The number of rotatable bonds is 7. The summed E-state index contributed by atoms with van der Waals surface area (Å²) in [7, 11) is 2.20. The average Bonchev–Trinajstić information content (AvgIpc) is 3.69. The average molecular weight is 671 g/mol. The Kier molecular flexibility index (Phi) is 10.6. The number of hydrogen-bond acceptors (Lipinski definition) is 8. The first-order chi connectivity index (χ1) is 23.8. The summed E-state index contributed by atoms with van der Waals surface area (Å²) in [5, 5.41) is 13.8. The molecule has 3 heterocycles. The van der Waals surface area contributed by atoms with E-state index >= 15 is 4.79 Å². The highest BCUT2D eigenvalue weighted by Crippen LogP contribution is 2.51. The molecule has 1 aromatic rings. The topological polar surface area (TPSA) is 92.2 Å². The Balaban J connectivity index is 1.25. The van der Waals surface area contributed by atoms with E-state index in [9.17, 15) is 10.1 Å². The minimum atomic E-state index is -0.369. The van der Waals surface area contributed by atoms with E-state index in [0.29, 0.717) is 44.1 Å². The molecule has 0 radical (unpaired) electrons. The highest BCUT2D eigenvalue weighted by molar-refractivity contribution is 5.92. The molecule has 1 spiro atoms. The first-order valence-electron chi connectivity index (χ1n) is 19.3. The monoisotopic (exact) mass is 670 g/mol. The molecule has 266 valence electrons. The molecule has 0 bridgehead atoms. The fraction of sp³-hybridized carbons (Fsp3) is 0.725. The van der Waals surface area contributed by atoms with Crippen LogP contribution in [0.25, 0.3) is 0 Å². The van der Waals surface area contributed by atoms with Gasteiger partial charge < -0.3 is 14.5 Å². The SMILES string of the molecule is C=CC(=O)N1CCN(C2NC(OCC3CCCN3C)N(C3CCCCCCC3)C3C(=O)[C@@]4(CCC23)Cc2cccc(C)c2C4)CC1CC#N. The van der Waals surface area contributed by atoms with Crippen LogP contribution in [0, 0.1) is 29.6 Å². The Morgan fingerprint density at radius 2 is 1.86 bits per heavy atom. The van der Waals surface area contributed by atoms with Gasteiger partial charge in [0.1, 0.15) is 0 Å². The van der Waals surface area contributed by atoms with Crippen LogP contribution in [-0.2, 0) is 27.2 Å². The van der Waals surface area contributed by atoms with Crippen LogP contribution in [0.5, 0.6) is 0 Å². The number of nitriles is 1. The van der Waals surface area contributed by atoms with Crippen LogP contribution in [0.3, 0.4) is 0 Å². The van der Waals surface area contributed by atoms with Crippen molar-refractivity contribution in [1.82, 2.24) is 24.9 Å². The number of aryl methyl sites for hydroxylation is 1. The molecule has 1 N–H and O–H groups in total. The molecule has 7 atom stereocenters. The molecule has 49 heavy (non-hydrogen) atoms. The zero-order valence-electron chi connectivity index (χ0n) is 30.0. The summed E-state index contributed by atoms with van der Waals surface area (Å²) in [4.78, 5) is 37.6. The second kappa shape index (κ2) is 14.9. The van der Waals surface area contributed by atoms with E-state index in [0.717, 1.165) is 51.5 Å². The minimum Gasteiger partial charge on any atom is -0.348 e. The molecule has 3 aliphatic carbocycles. The standard InChI is InChI=1S/C40H58N6O3/c1-4-35(47)45-23-22-44(26-31(45)18-20-41)38-33-17-19-40(24-29-13-10-12-28(2)34(29)25-40)37(48)36(33)46(30-14-8-6-5-7-9-15-30)39(42-38)49-27-32-16-11-21-43(32)3/h4,10,12-13,30-33,36,38-39,42H,1,5-9,11,14-19,21-27H2,2-3H3/t31?,32?,33?,36?,38?,39?,40-/m0/s1. The molecule has 0 aromatic heterocycles. The minimum absolute atomic E-state index is 0.0740. The van der Waals surface area contributed by atoms with Gasteiger partial charge in [0.25, 0.3) is 0 Å². The molecule has 9 heteroatoms. The zero-order valence-corrected chi connectivity index (χ0v) is 30.0. The molecule has 6 aliphatic rings. The summed E-state index contributed by atoms with van der Waals surface area (Å²) in [6.45, 7) is 9.50. The number of amides is 1. The largest absolute Gasteiger partial charge is 0.348 e.